The average Bonchev–Trinajstić information content (AvgIpc) is 2.36. The van der Waals surface area contributed by atoms with Crippen LogP contribution in [0.2, 0.25) is 0 Å². The Kier molecular flexibility index (Phi) is 4.06. The Balaban J connectivity index is 3.22. The predicted molar refractivity (Wildman–Crippen MR) is 62.9 cm³/mol. The first kappa shape index (κ1) is 12.2. The molecule has 0 aliphatic carbocycles. The molecule has 0 spiro atoms. The van der Waals surface area contributed by atoms with Crippen LogP contribution in [-0.4, -0.2) is 13.4 Å². The van der Waals surface area contributed by atoms with E-state index in [-0.39, 0.29) is 0 Å². The highest BCUT2D eigenvalue weighted by Gasteiger charge is 2.30. The van der Waals surface area contributed by atoms with Gasteiger partial charge in [0, 0.05) is 4.91 Å². The molecule has 0 aliphatic rings. The van der Waals surface area contributed by atoms with Crippen LogP contribution in [0.15, 0.2) is 29.4 Å². The number of hydrogen-bond acceptors (Lipinski definition) is 4. The van der Waals surface area contributed by atoms with Crippen LogP contribution >= 0.6 is 11.8 Å². The second-order valence-electron chi connectivity index (χ2n) is 2.88. The topological polar surface area (TPSA) is 81.8 Å². The second kappa shape index (κ2) is 5.31. The van der Waals surface area contributed by atoms with Gasteiger partial charge in [0.15, 0.2) is 0 Å². The van der Waals surface area contributed by atoms with E-state index in [1.807, 2.05) is 6.07 Å². The van der Waals surface area contributed by atoms with Gasteiger partial charge in [-0.3, -0.25) is 0 Å². The smallest absolute Gasteiger partial charge is 0.206 e. The molecule has 0 aromatic heterocycles. The molecule has 0 saturated heterocycles. The summed E-state index contributed by atoms with van der Waals surface area (Å²) in [6, 6.07) is 8.91. The Morgan fingerprint density at radius 3 is 2.50 bits per heavy atom. The van der Waals surface area contributed by atoms with Crippen molar-refractivity contribution in [3.63, 3.8) is 0 Å². The van der Waals surface area contributed by atoms with Crippen LogP contribution in [0.3, 0.4) is 0 Å². The van der Waals surface area contributed by atoms with Crippen molar-refractivity contribution >= 4 is 11.8 Å². The molecule has 0 fully saturated rings. The van der Waals surface area contributed by atoms with Crippen molar-refractivity contribution in [3.8, 4) is 11.8 Å². The van der Waals surface area contributed by atoms with Gasteiger partial charge < -0.3 is 4.74 Å². The fourth-order valence-corrected chi connectivity index (χ4v) is 1.81. The van der Waals surface area contributed by atoms with E-state index >= 15 is 0 Å². The number of methoxy groups -OCH3 is 1. The molecule has 6 heteroatoms. The van der Waals surface area contributed by atoms with E-state index in [0.29, 0.717) is 11.3 Å². The van der Waals surface area contributed by atoms with Gasteiger partial charge in [0.2, 0.25) is 4.87 Å². The third-order valence-corrected chi connectivity index (χ3v) is 3.11. The van der Waals surface area contributed by atoms with Crippen molar-refractivity contribution in [1.29, 1.82) is 5.26 Å². The Morgan fingerprint density at radius 2 is 2.12 bits per heavy atom. The first-order chi connectivity index (χ1) is 7.72. The fourth-order valence-electron chi connectivity index (χ4n) is 1.23. The summed E-state index contributed by atoms with van der Waals surface area (Å²) in [6.07, 6.45) is 1.72. The number of rotatable bonds is 4. The van der Waals surface area contributed by atoms with E-state index in [1.165, 1.54) is 11.8 Å². The molecule has 1 aromatic rings. The fraction of sp³-hybridized carbons (Fsp3) is 0.300. The van der Waals surface area contributed by atoms with Gasteiger partial charge in [-0.2, -0.15) is 5.26 Å². The number of benzene rings is 1. The van der Waals surface area contributed by atoms with Crippen LogP contribution in [-0.2, 0) is 4.87 Å². The summed E-state index contributed by atoms with van der Waals surface area (Å²) in [7, 11) is 1.56. The zero-order chi connectivity index (χ0) is 12.0. The zero-order valence-electron chi connectivity index (χ0n) is 8.91. The maximum atomic E-state index is 9.12. The molecular formula is C10H10N4OS. The number of nitrogens with zero attached hydrogens (tertiary/aromatic N) is 4. The van der Waals surface area contributed by atoms with E-state index < -0.39 is 4.87 Å². The van der Waals surface area contributed by atoms with Gasteiger partial charge >= 0.3 is 0 Å². The normalized spacial score (nSPS) is 13.1. The lowest BCUT2D eigenvalue weighted by Crippen LogP contribution is -2.15. The van der Waals surface area contributed by atoms with Gasteiger partial charge in [-0.15, -0.1) is 11.8 Å². The summed E-state index contributed by atoms with van der Waals surface area (Å²) in [4.78, 5) is 1.51. The SMILES string of the molecule is COc1ccc(C(C#N)(N=[N+]=[N-])SC)cc1. The van der Waals surface area contributed by atoms with Gasteiger partial charge in [-0.1, -0.05) is 17.2 Å². The summed E-state index contributed by atoms with van der Waals surface area (Å²) in [6.45, 7) is 0. The minimum atomic E-state index is -1.21. The average molecular weight is 234 g/mol. The van der Waals surface area contributed by atoms with Crippen LogP contribution in [0.1, 0.15) is 5.56 Å². The molecule has 0 heterocycles. The molecule has 1 rings (SSSR count). The van der Waals surface area contributed by atoms with E-state index in [1.54, 1.807) is 37.6 Å². The third kappa shape index (κ3) is 2.22. The third-order valence-electron chi connectivity index (χ3n) is 2.11. The largest absolute Gasteiger partial charge is 0.497 e. The molecule has 82 valence electrons. The van der Waals surface area contributed by atoms with E-state index in [0.717, 1.165) is 0 Å². The molecule has 0 N–H and O–H groups in total. The van der Waals surface area contributed by atoms with Crippen molar-refractivity contribution in [3.05, 3.63) is 40.3 Å². The summed E-state index contributed by atoms with van der Waals surface area (Å²) >= 11 is 1.19. The van der Waals surface area contributed by atoms with Crippen molar-refractivity contribution in [1.82, 2.24) is 0 Å². The molecule has 0 amide bonds. The van der Waals surface area contributed by atoms with Gasteiger partial charge in [-0.25, -0.2) is 0 Å². The molecule has 16 heavy (non-hydrogen) atoms. The molecule has 0 saturated carbocycles. The number of thioether (sulfide) groups is 1. The van der Waals surface area contributed by atoms with Crippen LogP contribution in [0.25, 0.3) is 10.4 Å². The minimum Gasteiger partial charge on any atom is -0.497 e. The van der Waals surface area contributed by atoms with Crippen molar-refractivity contribution < 1.29 is 4.74 Å². The number of ether oxygens (including phenoxy) is 1. The molecule has 1 aromatic carbocycles. The van der Waals surface area contributed by atoms with Crippen LogP contribution < -0.4 is 4.74 Å². The number of azide groups is 1. The Hall–Kier alpha value is -1.83. The molecule has 1 atom stereocenters. The highest BCUT2D eigenvalue weighted by Crippen LogP contribution is 2.36. The second-order valence-corrected chi connectivity index (χ2v) is 3.88. The van der Waals surface area contributed by atoms with Crippen molar-refractivity contribution in [2.24, 2.45) is 5.11 Å². The Morgan fingerprint density at radius 1 is 1.50 bits per heavy atom. The maximum Gasteiger partial charge on any atom is 0.206 e. The van der Waals surface area contributed by atoms with Gasteiger partial charge in [0.05, 0.1) is 13.2 Å². The Bertz CT molecular complexity index is 447. The standard InChI is InChI=1S/C10H10N4OS/c1-15-9-5-3-8(4-6-9)10(7-11,16-2)13-14-12/h3-6H,1-2H3. The maximum absolute atomic E-state index is 9.12. The van der Waals surface area contributed by atoms with Crippen molar-refractivity contribution in [2.75, 3.05) is 13.4 Å². The predicted octanol–water partition coefficient (Wildman–Crippen LogP) is 3.04. The van der Waals surface area contributed by atoms with E-state index in [9.17, 15) is 0 Å². The highest BCUT2D eigenvalue weighted by atomic mass is 32.2. The van der Waals surface area contributed by atoms with Crippen molar-refractivity contribution in [2.45, 2.75) is 4.87 Å². The molecule has 0 bridgehead atoms. The monoisotopic (exact) mass is 234 g/mol. The zero-order valence-corrected chi connectivity index (χ0v) is 9.73. The molecular weight excluding hydrogens is 224 g/mol. The van der Waals surface area contributed by atoms with E-state index in [4.69, 9.17) is 15.5 Å². The molecule has 0 radical (unpaired) electrons. The lowest BCUT2D eigenvalue weighted by Gasteiger charge is -2.18. The summed E-state index contributed by atoms with van der Waals surface area (Å²) < 4.78 is 5.02. The lowest BCUT2D eigenvalue weighted by atomic mass is 10.1. The van der Waals surface area contributed by atoms with Gasteiger partial charge in [0.1, 0.15) is 5.75 Å². The molecule has 5 nitrogen and oxygen atoms in total. The number of hydrogen-bond donors (Lipinski definition) is 0. The number of nitriles is 1. The molecule has 0 aliphatic heterocycles. The van der Waals surface area contributed by atoms with Crippen LogP contribution in [0, 0.1) is 11.3 Å². The molecule has 1 unspecified atom stereocenters. The van der Waals surface area contributed by atoms with Gasteiger partial charge in [0.25, 0.3) is 0 Å². The van der Waals surface area contributed by atoms with Crippen LogP contribution in [0.5, 0.6) is 5.75 Å². The first-order valence-corrected chi connectivity index (χ1v) is 5.62. The summed E-state index contributed by atoms with van der Waals surface area (Å²) in [5.41, 5.74) is 9.14. The first-order valence-electron chi connectivity index (χ1n) is 4.39. The quantitative estimate of drug-likeness (QED) is 0.456. The van der Waals surface area contributed by atoms with E-state index in [2.05, 4.69) is 10.0 Å². The Labute approximate surface area is 97.7 Å². The minimum absolute atomic E-state index is 0.640. The lowest BCUT2D eigenvalue weighted by molar-refractivity contribution is 0.414. The highest BCUT2D eigenvalue weighted by molar-refractivity contribution is 7.99. The van der Waals surface area contributed by atoms with Crippen LogP contribution in [0.4, 0.5) is 0 Å². The van der Waals surface area contributed by atoms with Gasteiger partial charge in [-0.05, 0) is 29.5 Å². The summed E-state index contributed by atoms with van der Waals surface area (Å²) in [5, 5.41) is 12.7. The summed E-state index contributed by atoms with van der Waals surface area (Å²) in [5.74, 6) is 0.692.